The third-order valence-corrected chi connectivity index (χ3v) is 5.49. The fraction of sp³-hybridized carbons (Fsp3) is 0.227. The molecule has 5 nitrogen and oxygen atoms in total. The van der Waals surface area contributed by atoms with Gasteiger partial charge in [0.1, 0.15) is 0 Å². The summed E-state index contributed by atoms with van der Waals surface area (Å²) in [5, 5.41) is 3.58. The van der Waals surface area contributed by atoms with E-state index >= 15 is 0 Å². The summed E-state index contributed by atoms with van der Waals surface area (Å²) in [6.45, 7) is 4.84. The Morgan fingerprint density at radius 1 is 1.07 bits per heavy atom. The van der Waals surface area contributed by atoms with Crippen LogP contribution in [0, 0.1) is 13.8 Å². The second-order valence-electron chi connectivity index (χ2n) is 6.85. The highest BCUT2D eigenvalue weighted by Gasteiger charge is 2.19. The number of aryl methyl sites for hydroxylation is 2. The molecule has 0 fully saturated rings. The number of thioether (sulfide) groups is 1. The number of aromatic nitrogens is 2. The zero-order valence-corrected chi connectivity index (χ0v) is 16.8. The van der Waals surface area contributed by atoms with Gasteiger partial charge in [-0.15, -0.1) is 0 Å². The van der Waals surface area contributed by atoms with Gasteiger partial charge in [0.05, 0.1) is 5.75 Å². The van der Waals surface area contributed by atoms with E-state index in [1.165, 1.54) is 23.0 Å². The Hall–Kier alpha value is -2.86. The fourth-order valence-electron chi connectivity index (χ4n) is 3.42. The van der Waals surface area contributed by atoms with Crippen LogP contribution in [0.2, 0.25) is 0 Å². The molecule has 0 unspecified atom stereocenters. The summed E-state index contributed by atoms with van der Waals surface area (Å²) in [7, 11) is 0. The maximum absolute atomic E-state index is 12.3. The summed E-state index contributed by atoms with van der Waals surface area (Å²) in [4.78, 5) is 23.3. The number of rotatable bonds is 5. The largest absolute Gasteiger partial charge is 0.341 e. The van der Waals surface area contributed by atoms with Crippen LogP contribution in [0.3, 0.4) is 0 Å². The van der Waals surface area contributed by atoms with Gasteiger partial charge in [-0.1, -0.05) is 30.0 Å². The molecule has 0 radical (unpaired) electrons. The molecule has 2 heterocycles. The van der Waals surface area contributed by atoms with Crippen LogP contribution < -0.4 is 10.2 Å². The Kier molecular flexibility index (Phi) is 5.30. The predicted molar refractivity (Wildman–Crippen MR) is 114 cm³/mol. The second-order valence-corrected chi connectivity index (χ2v) is 7.79. The number of carbonyl (C=O) groups is 1. The lowest BCUT2D eigenvalue weighted by atomic mass is 10.2. The van der Waals surface area contributed by atoms with Gasteiger partial charge in [-0.25, -0.2) is 9.97 Å². The van der Waals surface area contributed by atoms with Crippen molar-refractivity contribution in [1.29, 1.82) is 0 Å². The van der Waals surface area contributed by atoms with Crippen molar-refractivity contribution in [2.24, 2.45) is 0 Å². The number of fused-ring (bicyclic) bond motifs is 1. The van der Waals surface area contributed by atoms with Gasteiger partial charge < -0.3 is 10.2 Å². The van der Waals surface area contributed by atoms with Crippen molar-refractivity contribution in [3.05, 3.63) is 71.5 Å². The van der Waals surface area contributed by atoms with E-state index in [0.717, 1.165) is 35.7 Å². The summed E-state index contributed by atoms with van der Waals surface area (Å²) in [6.07, 6.45) is 1.06. The van der Waals surface area contributed by atoms with Gasteiger partial charge in [-0.05, 0) is 62.2 Å². The first-order chi connectivity index (χ1) is 13.6. The molecule has 1 aliphatic rings. The minimum atomic E-state index is -0.0629. The molecule has 0 spiro atoms. The van der Waals surface area contributed by atoms with E-state index in [4.69, 9.17) is 0 Å². The Balaban J connectivity index is 1.36. The molecule has 1 aromatic heterocycles. The third-order valence-electron chi connectivity index (χ3n) is 4.64. The lowest BCUT2D eigenvalue weighted by Crippen LogP contribution is -2.15. The Bertz CT molecular complexity index is 983. The average molecular weight is 391 g/mol. The number of anilines is 3. The quantitative estimate of drug-likeness (QED) is 0.513. The average Bonchev–Trinajstić information content (AvgIpc) is 3.10. The number of hydrogen-bond donors (Lipinski definition) is 1. The van der Waals surface area contributed by atoms with Crippen molar-refractivity contribution in [2.45, 2.75) is 25.4 Å². The van der Waals surface area contributed by atoms with Gasteiger partial charge in [0.15, 0.2) is 5.16 Å². The maximum atomic E-state index is 12.3. The molecular formula is C22H22N4OS. The molecular weight excluding hydrogens is 368 g/mol. The van der Waals surface area contributed by atoms with Crippen molar-refractivity contribution in [1.82, 2.24) is 9.97 Å². The van der Waals surface area contributed by atoms with E-state index in [9.17, 15) is 4.79 Å². The van der Waals surface area contributed by atoms with E-state index < -0.39 is 0 Å². The summed E-state index contributed by atoms with van der Waals surface area (Å²) in [5.41, 5.74) is 6.41. The summed E-state index contributed by atoms with van der Waals surface area (Å²) >= 11 is 1.35. The molecule has 1 aliphatic heterocycles. The summed E-state index contributed by atoms with van der Waals surface area (Å²) < 4.78 is 0. The first kappa shape index (κ1) is 18.5. The third kappa shape index (κ3) is 4.17. The van der Waals surface area contributed by atoms with E-state index in [-0.39, 0.29) is 11.7 Å². The molecule has 142 valence electrons. The van der Waals surface area contributed by atoms with Gasteiger partial charge in [-0.3, -0.25) is 4.79 Å². The minimum absolute atomic E-state index is 0.0629. The standard InChI is InChI=1S/C22H22N4OS/c1-15-13-16(2)24-22(23-15)28-14-21(27)25-18-7-9-19(10-8-18)26-12-11-17-5-3-4-6-20(17)26/h3-10,13H,11-12,14H2,1-2H3,(H,25,27). The van der Waals surface area contributed by atoms with Crippen LogP contribution in [0.4, 0.5) is 17.1 Å². The van der Waals surface area contributed by atoms with Crippen LogP contribution >= 0.6 is 11.8 Å². The molecule has 6 heteroatoms. The van der Waals surface area contributed by atoms with Crippen LogP contribution in [-0.2, 0) is 11.2 Å². The van der Waals surface area contributed by atoms with Crippen molar-refractivity contribution < 1.29 is 4.79 Å². The van der Waals surface area contributed by atoms with Crippen molar-refractivity contribution in [2.75, 3.05) is 22.5 Å². The van der Waals surface area contributed by atoms with Gasteiger partial charge in [-0.2, -0.15) is 0 Å². The van der Waals surface area contributed by atoms with Gasteiger partial charge in [0, 0.05) is 35.0 Å². The molecule has 2 aromatic carbocycles. The number of amides is 1. The van der Waals surface area contributed by atoms with Crippen LogP contribution in [0.15, 0.2) is 59.8 Å². The molecule has 0 saturated carbocycles. The predicted octanol–water partition coefficient (Wildman–Crippen LogP) is 4.52. The smallest absolute Gasteiger partial charge is 0.234 e. The normalized spacial score (nSPS) is 12.7. The van der Waals surface area contributed by atoms with Crippen LogP contribution in [-0.4, -0.2) is 28.2 Å². The van der Waals surface area contributed by atoms with Crippen molar-refractivity contribution in [3.8, 4) is 0 Å². The minimum Gasteiger partial charge on any atom is -0.341 e. The lowest BCUT2D eigenvalue weighted by molar-refractivity contribution is -0.113. The zero-order chi connectivity index (χ0) is 19.5. The number of hydrogen-bond acceptors (Lipinski definition) is 5. The summed E-state index contributed by atoms with van der Waals surface area (Å²) in [6, 6.07) is 18.4. The van der Waals surface area contributed by atoms with Gasteiger partial charge in [0.25, 0.3) is 0 Å². The molecule has 0 saturated heterocycles. The van der Waals surface area contributed by atoms with Crippen LogP contribution in [0.25, 0.3) is 0 Å². The lowest BCUT2D eigenvalue weighted by Gasteiger charge is -2.20. The molecule has 0 atom stereocenters. The highest BCUT2D eigenvalue weighted by molar-refractivity contribution is 7.99. The van der Waals surface area contributed by atoms with E-state index in [1.807, 2.05) is 32.0 Å². The molecule has 0 aliphatic carbocycles. The molecule has 0 bridgehead atoms. The summed E-state index contributed by atoms with van der Waals surface area (Å²) in [5.74, 6) is 0.219. The fourth-order valence-corrected chi connectivity index (χ4v) is 4.17. The van der Waals surface area contributed by atoms with Crippen molar-refractivity contribution >= 4 is 34.7 Å². The van der Waals surface area contributed by atoms with E-state index in [1.54, 1.807) is 0 Å². The number of benzene rings is 2. The van der Waals surface area contributed by atoms with Crippen LogP contribution in [0.5, 0.6) is 0 Å². The number of carbonyl (C=O) groups excluding carboxylic acids is 1. The Labute approximate surface area is 169 Å². The number of nitrogens with one attached hydrogen (secondary N) is 1. The van der Waals surface area contributed by atoms with Gasteiger partial charge in [0.2, 0.25) is 5.91 Å². The topological polar surface area (TPSA) is 58.1 Å². The Morgan fingerprint density at radius 3 is 2.54 bits per heavy atom. The van der Waals surface area contributed by atoms with Gasteiger partial charge >= 0.3 is 0 Å². The second kappa shape index (κ2) is 8.02. The monoisotopic (exact) mass is 390 g/mol. The number of nitrogens with zero attached hydrogens (tertiary/aromatic N) is 3. The zero-order valence-electron chi connectivity index (χ0n) is 16.0. The first-order valence-corrected chi connectivity index (χ1v) is 10.3. The number of para-hydroxylation sites is 1. The molecule has 3 aromatic rings. The first-order valence-electron chi connectivity index (χ1n) is 9.29. The molecule has 28 heavy (non-hydrogen) atoms. The SMILES string of the molecule is Cc1cc(C)nc(SCC(=O)Nc2ccc(N3CCc4ccccc43)cc2)n1. The molecule has 1 N–H and O–H groups in total. The highest BCUT2D eigenvalue weighted by Crippen LogP contribution is 2.34. The Morgan fingerprint density at radius 2 is 1.79 bits per heavy atom. The molecule has 1 amide bonds. The van der Waals surface area contributed by atoms with Crippen molar-refractivity contribution in [3.63, 3.8) is 0 Å². The maximum Gasteiger partial charge on any atom is 0.234 e. The van der Waals surface area contributed by atoms with E-state index in [2.05, 4.69) is 56.6 Å². The van der Waals surface area contributed by atoms with Crippen LogP contribution in [0.1, 0.15) is 17.0 Å². The highest BCUT2D eigenvalue weighted by atomic mass is 32.2. The van der Waals surface area contributed by atoms with E-state index in [0.29, 0.717) is 5.16 Å². The molecule has 4 rings (SSSR count).